The first-order valence-electron chi connectivity index (χ1n) is 7.96. The van der Waals surface area contributed by atoms with Crippen LogP contribution in [0.3, 0.4) is 0 Å². The molecule has 0 N–H and O–H groups in total. The highest BCUT2D eigenvalue weighted by atomic mass is 16.5. The third kappa shape index (κ3) is 3.37. The van der Waals surface area contributed by atoms with E-state index in [1.165, 1.54) is 0 Å². The number of anilines is 1. The number of rotatable bonds is 6. The molecule has 0 aliphatic heterocycles. The third-order valence-electron chi connectivity index (χ3n) is 3.87. The summed E-state index contributed by atoms with van der Waals surface area (Å²) in [5.41, 5.74) is 2.41. The van der Waals surface area contributed by atoms with Crippen molar-refractivity contribution in [3.8, 4) is 17.2 Å². The molecule has 2 aromatic carbocycles. The summed E-state index contributed by atoms with van der Waals surface area (Å²) in [7, 11) is 6.53. The molecular formula is C19H20N4O3. The smallest absolute Gasteiger partial charge is 0.203 e. The SMILES string of the molecule is COc1ccc(C=NN(C)c2cnc3ccccc3n2)c(OC)c1OC. The van der Waals surface area contributed by atoms with Gasteiger partial charge in [0.15, 0.2) is 17.3 Å². The molecule has 0 atom stereocenters. The fourth-order valence-corrected chi connectivity index (χ4v) is 2.54. The number of fused-ring (bicyclic) bond motifs is 1. The molecule has 0 saturated heterocycles. The highest BCUT2D eigenvalue weighted by Gasteiger charge is 2.15. The van der Waals surface area contributed by atoms with Crippen LogP contribution < -0.4 is 19.2 Å². The second-order valence-electron chi connectivity index (χ2n) is 5.41. The minimum absolute atomic E-state index is 0.520. The van der Waals surface area contributed by atoms with E-state index < -0.39 is 0 Å². The number of hydrogen-bond donors (Lipinski definition) is 0. The molecule has 0 fully saturated rings. The number of aromatic nitrogens is 2. The zero-order chi connectivity index (χ0) is 18.5. The molecule has 7 nitrogen and oxygen atoms in total. The van der Waals surface area contributed by atoms with E-state index in [9.17, 15) is 0 Å². The molecule has 0 aliphatic rings. The van der Waals surface area contributed by atoms with E-state index in [0.29, 0.717) is 23.1 Å². The molecule has 0 aliphatic carbocycles. The largest absolute Gasteiger partial charge is 0.493 e. The lowest BCUT2D eigenvalue weighted by molar-refractivity contribution is 0.324. The number of para-hydroxylation sites is 2. The minimum Gasteiger partial charge on any atom is -0.493 e. The normalized spacial score (nSPS) is 10.9. The highest BCUT2D eigenvalue weighted by Crippen LogP contribution is 2.39. The predicted molar refractivity (Wildman–Crippen MR) is 102 cm³/mol. The van der Waals surface area contributed by atoms with Crippen LogP contribution in [0.4, 0.5) is 5.82 Å². The zero-order valence-electron chi connectivity index (χ0n) is 15.1. The van der Waals surface area contributed by atoms with Gasteiger partial charge in [0.05, 0.1) is 44.8 Å². The minimum atomic E-state index is 0.520. The Morgan fingerprint density at radius 1 is 0.923 bits per heavy atom. The summed E-state index contributed by atoms with van der Waals surface area (Å²) >= 11 is 0. The van der Waals surface area contributed by atoms with Crippen molar-refractivity contribution in [3.05, 3.63) is 48.2 Å². The first-order valence-corrected chi connectivity index (χ1v) is 7.96. The summed E-state index contributed by atoms with van der Waals surface area (Å²) in [6.07, 6.45) is 3.36. The predicted octanol–water partition coefficient (Wildman–Crippen LogP) is 3.13. The van der Waals surface area contributed by atoms with Gasteiger partial charge in [-0.3, -0.25) is 4.98 Å². The van der Waals surface area contributed by atoms with Gasteiger partial charge in [-0.05, 0) is 24.3 Å². The van der Waals surface area contributed by atoms with Gasteiger partial charge in [0.2, 0.25) is 5.75 Å². The Hall–Kier alpha value is -3.35. The fraction of sp³-hybridized carbons (Fsp3) is 0.211. The number of ether oxygens (including phenoxy) is 3. The van der Waals surface area contributed by atoms with Gasteiger partial charge in [0, 0.05) is 12.6 Å². The van der Waals surface area contributed by atoms with Crippen molar-refractivity contribution in [3.63, 3.8) is 0 Å². The van der Waals surface area contributed by atoms with Gasteiger partial charge >= 0.3 is 0 Å². The molecule has 3 rings (SSSR count). The Morgan fingerprint density at radius 3 is 2.35 bits per heavy atom. The third-order valence-corrected chi connectivity index (χ3v) is 3.87. The molecule has 0 spiro atoms. The van der Waals surface area contributed by atoms with Gasteiger partial charge in [0.25, 0.3) is 0 Å². The molecule has 1 aromatic heterocycles. The van der Waals surface area contributed by atoms with Gasteiger partial charge < -0.3 is 14.2 Å². The monoisotopic (exact) mass is 352 g/mol. The van der Waals surface area contributed by atoms with Crippen molar-refractivity contribution in [2.45, 2.75) is 0 Å². The van der Waals surface area contributed by atoms with Crippen molar-refractivity contribution in [2.75, 3.05) is 33.4 Å². The molecule has 3 aromatic rings. The first kappa shape index (κ1) is 17.5. The van der Waals surface area contributed by atoms with Crippen LogP contribution in [-0.4, -0.2) is 44.6 Å². The van der Waals surface area contributed by atoms with Crippen LogP contribution in [-0.2, 0) is 0 Å². The number of benzene rings is 2. The maximum absolute atomic E-state index is 5.46. The van der Waals surface area contributed by atoms with E-state index in [4.69, 9.17) is 14.2 Å². The summed E-state index contributed by atoms with van der Waals surface area (Å²) in [4.78, 5) is 8.97. The van der Waals surface area contributed by atoms with Crippen LogP contribution in [0, 0.1) is 0 Å². The summed E-state index contributed by atoms with van der Waals surface area (Å²) in [5.74, 6) is 2.30. The van der Waals surface area contributed by atoms with Crippen LogP contribution in [0.15, 0.2) is 47.7 Å². The van der Waals surface area contributed by atoms with Gasteiger partial charge in [-0.25, -0.2) is 9.99 Å². The fourth-order valence-electron chi connectivity index (χ4n) is 2.54. The first-order chi connectivity index (χ1) is 12.7. The van der Waals surface area contributed by atoms with Crippen molar-refractivity contribution < 1.29 is 14.2 Å². The quantitative estimate of drug-likeness (QED) is 0.501. The van der Waals surface area contributed by atoms with Crippen molar-refractivity contribution >= 4 is 23.1 Å². The zero-order valence-corrected chi connectivity index (χ0v) is 15.1. The summed E-state index contributed by atoms with van der Waals surface area (Å²) < 4.78 is 16.1. The van der Waals surface area contributed by atoms with Crippen molar-refractivity contribution in [1.29, 1.82) is 0 Å². The van der Waals surface area contributed by atoms with Crippen molar-refractivity contribution in [2.24, 2.45) is 5.10 Å². The molecule has 26 heavy (non-hydrogen) atoms. The molecular weight excluding hydrogens is 332 g/mol. The second kappa shape index (κ2) is 7.69. The van der Waals surface area contributed by atoms with E-state index in [-0.39, 0.29) is 0 Å². The van der Waals surface area contributed by atoms with E-state index in [1.54, 1.807) is 44.8 Å². The number of methoxy groups -OCH3 is 3. The van der Waals surface area contributed by atoms with Crippen LogP contribution in [0.5, 0.6) is 17.2 Å². The molecule has 0 unspecified atom stereocenters. The van der Waals surface area contributed by atoms with Crippen LogP contribution in [0.25, 0.3) is 11.0 Å². The lowest BCUT2D eigenvalue weighted by Crippen LogP contribution is -2.11. The average Bonchev–Trinajstić information content (AvgIpc) is 2.70. The molecule has 0 amide bonds. The number of nitrogens with zero attached hydrogens (tertiary/aromatic N) is 4. The van der Waals surface area contributed by atoms with Gasteiger partial charge in [-0.15, -0.1) is 0 Å². The Morgan fingerprint density at radius 2 is 1.65 bits per heavy atom. The van der Waals surface area contributed by atoms with Gasteiger partial charge in [-0.1, -0.05) is 12.1 Å². The highest BCUT2D eigenvalue weighted by molar-refractivity contribution is 5.86. The molecule has 0 radical (unpaired) electrons. The van der Waals surface area contributed by atoms with E-state index >= 15 is 0 Å². The summed E-state index contributed by atoms with van der Waals surface area (Å²) in [6.45, 7) is 0. The molecule has 1 heterocycles. The Balaban J connectivity index is 1.90. The topological polar surface area (TPSA) is 69.1 Å². The van der Waals surface area contributed by atoms with Gasteiger partial charge in [0.1, 0.15) is 0 Å². The molecule has 0 bridgehead atoms. The second-order valence-corrected chi connectivity index (χ2v) is 5.41. The molecule has 7 heteroatoms. The summed E-state index contributed by atoms with van der Waals surface area (Å²) in [6, 6.07) is 11.4. The summed E-state index contributed by atoms with van der Waals surface area (Å²) in [5, 5.41) is 6.09. The van der Waals surface area contributed by atoms with E-state index in [2.05, 4.69) is 15.1 Å². The van der Waals surface area contributed by atoms with Crippen LogP contribution >= 0.6 is 0 Å². The lowest BCUT2D eigenvalue weighted by atomic mass is 10.2. The Kier molecular flexibility index (Phi) is 5.17. The van der Waals surface area contributed by atoms with Crippen LogP contribution in [0.1, 0.15) is 5.56 Å². The van der Waals surface area contributed by atoms with Crippen molar-refractivity contribution in [1.82, 2.24) is 9.97 Å². The lowest BCUT2D eigenvalue weighted by Gasteiger charge is -2.15. The maximum Gasteiger partial charge on any atom is 0.203 e. The number of hydrogen-bond acceptors (Lipinski definition) is 7. The Bertz CT molecular complexity index is 943. The standard InChI is InChI=1S/C19H20N4O3/c1-23(17-12-20-14-7-5-6-8-15(14)22-17)21-11-13-9-10-16(24-2)19(26-4)18(13)25-3/h5-12H,1-4H3. The van der Waals surface area contributed by atoms with Gasteiger partial charge in [-0.2, -0.15) is 5.10 Å². The molecule has 134 valence electrons. The average molecular weight is 352 g/mol. The van der Waals surface area contributed by atoms with E-state index in [1.807, 2.05) is 37.4 Å². The van der Waals surface area contributed by atoms with Crippen LogP contribution in [0.2, 0.25) is 0 Å². The number of hydrazone groups is 1. The maximum atomic E-state index is 5.46. The Labute approximate surface area is 151 Å². The van der Waals surface area contributed by atoms with E-state index in [0.717, 1.165) is 16.6 Å². The molecule has 0 saturated carbocycles.